The van der Waals surface area contributed by atoms with E-state index in [0.29, 0.717) is 0 Å². The van der Waals surface area contributed by atoms with Crippen LogP contribution in [0.5, 0.6) is 0 Å². The van der Waals surface area contributed by atoms with Crippen molar-refractivity contribution in [2.45, 2.75) is 13.3 Å². The van der Waals surface area contributed by atoms with Crippen LogP contribution in [-0.2, 0) is 0 Å². The fraction of sp³-hybridized carbons (Fsp3) is 0.800. The highest BCUT2D eigenvalue weighted by Gasteiger charge is 1.86. The summed E-state index contributed by atoms with van der Waals surface area (Å²) in [5.41, 5.74) is 0. The molecule has 0 unspecified atom stereocenters. The number of hydrogen-bond acceptors (Lipinski definition) is 3. The zero-order valence-electron chi connectivity index (χ0n) is 9.96. The molecule has 0 aliphatic heterocycles. The number of halogens is 3. The van der Waals surface area contributed by atoms with Crippen molar-refractivity contribution in [2.24, 2.45) is 0 Å². The molecule has 3 N–H and O–H groups in total. The summed E-state index contributed by atoms with van der Waals surface area (Å²) in [4.78, 5) is 0. The molecule has 0 atom stereocenters. The monoisotopic (exact) mass is 293 g/mol. The Morgan fingerprint density at radius 1 is 0.812 bits per heavy atom. The van der Waals surface area contributed by atoms with E-state index in [4.69, 9.17) is 0 Å². The van der Waals surface area contributed by atoms with Gasteiger partial charge in [-0.2, -0.15) is 0 Å². The van der Waals surface area contributed by atoms with Gasteiger partial charge in [0.05, 0.1) is 0 Å². The molecular formula is C10H26Cl3N3. The Balaban J connectivity index is -0.000000240. The largest absolute Gasteiger partial charge is 0.315 e. The lowest BCUT2D eigenvalue weighted by molar-refractivity contribution is 0.590. The van der Waals surface area contributed by atoms with E-state index in [2.05, 4.69) is 29.5 Å². The van der Waals surface area contributed by atoms with E-state index >= 15 is 0 Å². The molecule has 0 aliphatic rings. The molecule has 0 aliphatic carbocycles. The second-order valence-corrected chi connectivity index (χ2v) is 2.99. The standard InChI is InChI=1S/C10H23N3.3ClH/c1-3-5-11-7-9-13-10-8-12-6-4-2;;;/h3,11-13H,1,4-10H2,2H3;3*1H. The molecule has 0 fully saturated rings. The van der Waals surface area contributed by atoms with Gasteiger partial charge in [-0.15, -0.1) is 43.8 Å². The Bertz CT molecular complexity index is 115. The molecule has 0 amide bonds. The Labute approximate surface area is 118 Å². The van der Waals surface area contributed by atoms with Gasteiger partial charge in [0.15, 0.2) is 0 Å². The van der Waals surface area contributed by atoms with Gasteiger partial charge in [-0.1, -0.05) is 13.0 Å². The SMILES string of the molecule is C=CCNCCNCCNCCC.Cl.Cl.Cl. The van der Waals surface area contributed by atoms with Crippen LogP contribution >= 0.6 is 37.2 Å². The molecule has 0 heterocycles. The van der Waals surface area contributed by atoms with Crippen molar-refractivity contribution in [3.05, 3.63) is 12.7 Å². The van der Waals surface area contributed by atoms with Crippen LogP contribution in [0.4, 0.5) is 0 Å². The molecule has 0 saturated heterocycles. The van der Waals surface area contributed by atoms with Crippen molar-refractivity contribution < 1.29 is 0 Å². The van der Waals surface area contributed by atoms with E-state index in [1.807, 2.05) is 6.08 Å². The minimum absolute atomic E-state index is 0. The van der Waals surface area contributed by atoms with Crippen molar-refractivity contribution in [2.75, 3.05) is 39.3 Å². The first-order chi connectivity index (χ1) is 6.41. The fourth-order valence-electron chi connectivity index (χ4n) is 0.984. The molecule has 0 aromatic heterocycles. The van der Waals surface area contributed by atoms with Crippen LogP contribution in [-0.4, -0.2) is 39.3 Å². The molecular weight excluding hydrogens is 268 g/mol. The lowest BCUT2D eigenvalue weighted by atomic mass is 10.4. The molecule has 0 aromatic carbocycles. The molecule has 6 heteroatoms. The molecule has 3 nitrogen and oxygen atoms in total. The Morgan fingerprint density at radius 2 is 1.25 bits per heavy atom. The summed E-state index contributed by atoms with van der Waals surface area (Å²) in [6.45, 7) is 12.0. The first kappa shape index (κ1) is 25.4. The normalized spacial score (nSPS) is 8.31. The van der Waals surface area contributed by atoms with Gasteiger partial charge in [-0.05, 0) is 13.0 Å². The van der Waals surface area contributed by atoms with Crippen LogP contribution in [0.3, 0.4) is 0 Å². The summed E-state index contributed by atoms with van der Waals surface area (Å²) in [6.07, 6.45) is 3.09. The molecule has 102 valence electrons. The highest BCUT2D eigenvalue weighted by atomic mass is 35.5. The predicted octanol–water partition coefficient (Wildman–Crippen LogP) is 1.62. The van der Waals surface area contributed by atoms with Crippen molar-refractivity contribution in [3.8, 4) is 0 Å². The van der Waals surface area contributed by atoms with Crippen molar-refractivity contribution >= 4 is 37.2 Å². The van der Waals surface area contributed by atoms with Crippen LogP contribution in [0.1, 0.15) is 13.3 Å². The maximum atomic E-state index is 3.64. The van der Waals surface area contributed by atoms with Gasteiger partial charge >= 0.3 is 0 Å². The highest BCUT2D eigenvalue weighted by Crippen LogP contribution is 1.68. The van der Waals surface area contributed by atoms with Gasteiger partial charge in [0.2, 0.25) is 0 Å². The Kier molecular flexibility index (Phi) is 39.1. The number of rotatable bonds is 10. The average Bonchev–Trinajstić information content (AvgIpc) is 2.16. The lowest BCUT2D eigenvalue weighted by Crippen LogP contribution is -2.32. The van der Waals surface area contributed by atoms with Gasteiger partial charge in [0, 0.05) is 32.7 Å². The van der Waals surface area contributed by atoms with Gasteiger partial charge in [-0.3, -0.25) is 0 Å². The van der Waals surface area contributed by atoms with Gasteiger partial charge < -0.3 is 16.0 Å². The molecule has 0 rings (SSSR count). The summed E-state index contributed by atoms with van der Waals surface area (Å²) in [6, 6.07) is 0. The lowest BCUT2D eigenvalue weighted by Gasteiger charge is -2.05. The van der Waals surface area contributed by atoms with E-state index in [0.717, 1.165) is 39.3 Å². The van der Waals surface area contributed by atoms with Crippen molar-refractivity contribution in [1.29, 1.82) is 0 Å². The van der Waals surface area contributed by atoms with Crippen molar-refractivity contribution in [3.63, 3.8) is 0 Å². The minimum atomic E-state index is 0. The molecule has 0 radical (unpaired) electrons. The average molecular weight is 295 g/mol. The predicted molar refractivity (Wildman–Crippen MR) is 80.8 cm³/mol. The van der Waals surface area contributed by atoms with Crippen LogP contribution in [0.2, 0.25) is 0 Å². The van der Waals surface area contributed by atoms with Gasteiger partial charge in [-0.25, -0.2) is 0 Å². The van der Waals surface area contributed by atoms with E-state index in [1.54, 1.807) is 0 Å². The van der Waals surface area contributed by atoms with E-state index < -0.39 is 0 Å². The van der Waals surface area contributed by atoms with Crippen LogP contribution in [0, 0.1) is 0 Å². The third-order valence-electron chi connectivity index (χ3n) is 1.67. The third-order valence-corrected chi connectivity index (χ3v) is 1.67. The van der Waals surface area contributed by atoms with Crippen LogP contribution in [0.25, 0.3) is 0 Å². The zero-order valence-corrected chi connectivity index (χ0v) is 12.4. The summed E-state index contributed by atoms with van der Waals surface area (Å²) >= 11 is 0. The molecule has 0 aromatic rings. The van der Waals surface area contributed by atoms with Gasteiger partial charge in [0.1, 0.15) is 0 Å². The summed E-state index contributed by atoms with van der Waals surface area (Å²) in [5, 5.41) is 9.92. The maximum absolute atomic E-state index is 3.64. The van der Waals surface area contributed by atoms with E-state index in [9.17, 15) is 0 Å². The zero-order chi connectivity index (χ0) is 9.78. The summed E-state index contributed by atoms with van der Waals surface area (Å²) < 4.78 is 0. The Morgan fingerprint density at radius 3 is 1.69 bits per heavy atom. The molecule has 0 saturated carbocycles. The van der Waals surface area contributed by atoms with Crippen LogP contribution < -0.4 is 16.0 Å². The van der Waals surface area contributed by atoms with Crippen LogP contribution in [0.15, 0.2) is 12.7 Å². The van der Waals surface area contributed by atoms with Gasteiger partial charge in [0.25, 0.3) is 0 Å². The fourth-order valence-corrected chi connectivity index (χ4v) is 0.984. The summed E-state index contributed by atoms with van der Waals surface area (Å²) in [5.74, 6) is 0. The minimum Gasteiger partial charge on any atom is -0.315 e. The van der Waals surface area contributed by atoms with E-state index in [1.165, 1.54) is 6.42 Å². The first-order valence-corrected chi connectivity index (χ1v) is 5.14. The maximum Gasteiger partial charge on any atom is 0.0132 e. The second kappa shape index (κ2) is 24.6. The number of hydrogen-bond donors (Lipinski definition) is 3. The second-order valence-electron chi connectivity index (χ2n) is 2.99. The molecule has 16 heavy (non-hydrogen) atoms. The molecule has 0 bridgehead atoms. The quantitative estimate of drug-likeness (QED) is 0.423. The molecule has 0 spiro atoms. The topological polar surface area (TPSA) is 36.1 Å². The highest BCUT2D eigenvalue weighted by molar-refractivity contribution is 5.86. The summed E-state index contributed by atoms with van der Waals surface area (Å²) in [7, 11) is 0. The van der Waals surface area contributed by atoms with Crippen molar-refractivity contribution in [1.82, 2.24) is 16.0 Å². The Hall–Kier alpha value is 0.490. The number of nitrogens with one attached hydrogen (secondary N) is 3. The first-order valence-electron chi connectivity index (χ1n) is 5.14. The smallest absolute Gasteiger partial charge is 0.0132 e. The van der Waals surface area contributed by atoms with E-state index in [-0.39, 0.29) is 37.2 Å². The third kappa shape index (κ3) is 24.0.